The second-order valence-electron chi connectivity index (χ2n) is 5.58. The fourth-order valence-electron chi connectivity index (χ4n) is 2.83. The lowest BCUT2D eigenvalue weighted by atomic mass is 9.82. The molecule has 1 aliphatic rings. The zero-order chi connectivity index (χ0) is 16.2. The number of para-hydroxylation sites is 1. The third-order valence-electron chi connectivity index (χ3n) is 3.97. The molecule has 2 aromatic rings. The molecule has 0 aliphatic heterocycles. The molecule has 0 fully saturated rings. The number of thiocarbonyl (C=S) groups is 1. The van der Waals surface area contributed by atoms with E-state index in [0.29, 0.717) is 12.8 Å². The summed E-state index contributed by atoms with van der Waals surface area (Å²) in [5, 5.41) is 13.4. The van der Waals surface area contributed by atoms with E-state index in [4.69, 9.17) is 12.2 Å². The van der Waals surface area contributed by atoms with Crippen LogP contribution in [0.1, 0.15) is 24.3 Å². The highest BCUT2D eigenvalue weighted by Gasteiger charge is 2.30. The first kappa shape index (κ1) is 15.4. The Morgan fingerprint density at radius 2 is 1.61 bits per heavy atom. The summed E-state index contributed by atoms with van der Waals surface area (Å²) in [4.78, 5) is 12.8. The van der Waals surface area contributed by atoms with Gasteiger partial charge in [-0.25, -0.2) is 0 Å². The van der Waals surface area contributed by atoms with E-state index >= 15 is 0 Å². The monoisotopic (exact) mass is 323 g/mol. The third-order valence-corrected chi connectivity index (χ3v) is 4.27. The highest BCUT2D eigenvalue weighted by molar-refractivity contribution is 7.81. The average Bonchev–Trinajstić information content (AvgIpc) is 2.56. The topological polar surface area (TPSA) is 49.3 Å². The van der Waals surface area contributed by atoms with Crippen LogP contribution in [0.25, 0.3) is 0 Å². The lowest BCUT2D eigenvalue weighted by molar-refractivity contribution is -0.116. The first-order chi connectivity index (χ1) is 11.1. The minimum Gasteiger partial charge on any atom is -0.511 e. The molecule has 23 heavy (non-hydrogen) atoms. The Balaban J connectivity index is 1.80. The van der Waals surface area contributed by atoms with Crippen LogP contribution in [0.3, 0.4) is 0 Å². The fourth-order valence-corrected chi connectivity index (χ4v) is 3.18. The van der Waals surface area contributed by atoms with Gasteiger partial charge >= 0.3 is 0 Å². The van der Waals surface area contributed by atoms with Crippen LogP contribution in [0.4, 0.5) is 5.69 Å². The first-order valence-electron chi connectivity index (χ1n) is 7.52. The Morgan fingerprint density at radius 1 is 1.00 bits per heavy atom. The number of hydrogen-bond acceptors (Lipinski definition) is 3. The lowest BCUT2D eigenvalue weighted by Crippen LogP contribution is -2.26. The summed E-state index contributed by atoms with van der Waals surface area (Å²) in [6, 6.07) is 19.2. The highest BCUT2D eigenvalue weighted by Crippen LogP contribution is 2.34. The smallest absolute Gasteiger partial charge is 0.169 e. The molecule has 116 valence electrons. The van der Waals surface area contributed by atoms with Gasteiger partial charge in [-0.1, -0.05) is 60.7 Å². The Bertz CT molecular complexity index is 753. The summed E-state index contributed by atoms with van der Waals surface area (Å²) in [6.45, 7) is 0. The van der Waals surface area contributed by atoms with Crippen molar-refractivity contribution in [3.63, 3.8) is 0 Å². The van der Waals surface area contributed by atoms with Crippen LogP contribution < -0.4 is 5.32 Å². The van der Waals surface area contributed by atoms with Crippen LogP contribution in [-0.4, -0.2) is 15.9 Å². The van der Waals surface area contributed by atoms with Crippen molar-refractivity contribution in [1.82, 2.24) is 0 Å². The van der Waals surface area contributed by atoms with E-state index in [0.717, 1.165) is 11.3 Å². The van der Waals surface area contributed by atoms with Crippen LogP contribution in [0, 0.1) is 0 Å². The van der Waals surface area contributed by atoms with Crippen molar-refractivity contribution in [2.45, 2.75) is 18.8 Å². The van der Waals surface area contributed by atoms with Crippen molar-refractivity contribution in [2.24, 2.45) is 0 Å². The van der Waals surface area contributed by atoms with Gasteiger partial charge in [-0.3, -0.25) is 4.79 Å². The molecule has 0 amide bonds. The van der Waals surface area contributed by atoms with Crippen LogP contribution in [0.2, 0.25) is 0 Å². The first-order valence-corrected chi connectivity index (χ1v) is 7.92. The molecule has 0 bridgehead atoms. The number of carbonyl (C=O) groups excluding carboxylic acids is 1. The van der Waals surface area contributed by atoms with Crippen LogP contribution in [0.5, 0.6) is 0 Å². The Hall–Kier alpha value is -2.46. The van der Waals surface area contributed by atoms with Gasteiger partial charge in [0.2, 0.25) is 0 Å². The summed E-state index contributed by atoms with van der Waals surface area (Å²) in [5.41, 5.74) is 2.11. The van der Waals surface area contributed by atoms with E-state index < -0.39 is 0 Å². The molecule has 3 rings (SSSR count). The van der Waals surface area contributed by atoms with E-state index in [9.17, 15) is 9.90 Å². The average molecular weight is 323 g/mol. The standard InChI is InChI=1S/C19H17NO2S/c21-16-11-14(13-7-3-1-4-8-13)12-17(22)18(16)19(23)20-15-9-5-2-6-10-15/h1-10,14,21H,11-12H2,(H,20,23). The van der Waals surface area contributed by atoms with Crippen molar-refractivity contribution in [3.8, 4) is 0 Å². The number of allylic oxidation sites excluding steroid dienone is 1. The second kappa shape index (κ2) is 6.75. The Morgan fingerprint density at radius 3 is 2.22 bits per heavy atom. The number of aliphatic hydroxyl groups is 1. The molecule has 1 unspecified atom stereocenters. The zero-order valence-corrected chi connectivity index (χ0v) is 13.3. The van der Waals surface area contributed by atoms with Crippen LogP contribution >= 0.6 is 12.2 Å². The van der Waals surface area contributed by atoms with Crippen LogP contribution in [0.15, 0.2) is 72.0 Å². The number of hydrogen-bond donors (Lipinski definition) is 2. The van der Waals surface area contributed by atoms with Gasteiger partial charge in [-0.15, -0.1) is 0 Å². The Labute approximate surface area is 140 Å². The normalized spacial score (nSPS) is 17.9. The number of nitrogens with one attached hydrogen (secondary N) is 1. The molecule has 0 saturated heterocycles. The minimum absolute atomic E-state index is 0.00646. The summed E-state index contributed by atoms with van der Waals surface area (Å²) < 4.78 is 0. The van der Waals surface area contributed by atoms with Gasteiger partial charge in [0.25, 0.3) is 0 Å². The molecular formula is C19H17NO2S. The summed E-state index contributed by atoms with van der Waals surface area (Å²) in [6.07, 6.45) is 0.793. The van der Waals surface area contributed by atoms with E-state index in [1.54, 1.807) is 0 Å². The molecule has 0 spiro atoms. The predicted octanol–water partition coefficient (Wildman–Crippen LogP) is 4.38. The molecule has 0 heterocycles. The lowest BCUT2D eigenvalue weighted by Gasteiger charge is -2.24. The number of rotatable bonds is 3. The maximum Gasteiger partial charge on any atom is 0.169 e. The summed E-state index contributed by atoms with van der Waals surface area (Å²) in [7, 11) is 0. The fraction of sp³-hybridized carbons (Fsp3) is 0.158. The molecule has 1 aliphatic carbocycles. The van der Waals surface area contributed by atoms with E-state index in [1.807, 2.05) is 60.7 Å². The number of carbonyl (C=O) groups is 1. The van der Waals surface area contributed by atoms with Gasteiger partial charge in [-0.05, 0) is 23.6 Å². The molecule has 3 nitrogen and oxygen atoms in total. The largest absolute Gasteiger partial charge is 0.511 e. The van der Waals surface area contributed by atoms with E-state index in [1.165, 1.54) is 0 Å². The second-order valence-corrected chi connectivity index (χ2v) is 5.99. The van der Waals surface area contributed by atoms with Gasteiger partial charge in [0, 0.05) is 18.5 Å². The molecular weight excluding hydrogens is 306 g/mol. The van der Waals surface area contributed by atoms with E-state index in [2.05, 4.69) is 5.32 Å². The molecule has 2 aromatic carbocycles. The molecule has 0 radical (unpaired) electrons. The highest BCUT2D eigenvalue weighted by atomic mass is 32.1. The van der Waals surface area contributed by atoms with Crippen molar-refractivity contribution in [3.05, 3.63) is 77.6 Å². The Kier molecular flexibility index (Phi) is 4.53. The SMILES string of the molecule is O=C1CC(c2ccccc2)CC(O)=C1C(=S)Nc1ccccc1. The van der Waals surface area contributed by atoms with Gasteiger partial charge in [-0.2, -0.15) is 0 Å². The molecule has 1 atom stereocenters. The van der Waals surface area contributed by atoms with Gasteiger partial charge in [0.1, 0.15) is 10.7 Å². The van der Waals surface area contributed by atoms with Gasteiger partial charge < -0.3 is 10.4 Å². The zero-order valence-electron chi connectivity index (χ0n) is 12.5. The molecule has 0 saturated carbocycles. The minimum atomic E-state index is -0.115. The van der Waals surface area contributed by atoms with Crippen molar-refractivity contribution >= 4 is 28.7 Å². The molecule has 0 aromatic heterocycles. The number of anilines is 1. The van der Waals surface area contributed by atoms with Gasteiger partial charge in [0.15, 0.2) is 5.78 Å². The quantitative estimate of drug-likeness (QED) is 0.823. The van der Waals surface area contributed by atoms with Gasteiger partial charge in [0.05, 0.1) is 5.57 Å². The number of aliphatic hydroxyl groups excluding tert-OH is 1. The molecule has 4 heteroatoms. The predicted molar refractivity (Wildman–Crippen MR) is 95.7 cm³/mol. The summed E-state index contributed by atoms with van der Waals surface area (Å²) >= 11 is 5.32. The maximum atomic E-state index is 12.5. The van der Waals surface area contributed by atoms with Crippen molar-refractivity contribution < 1.29 is 9.90 Å². The molecule has 2 N–H and O–H groups in total. The van der Waals surface area contributed by atoms with Crippen molar-refractivity contribution in [2.75, 3.05) is 5.32 Å². The maximum absolute atomic E-state index is 12.5. The van der Waals surface area contributed by atoms with Crippen LogP contribution in [-0.2, 0) is 4.79 Å². The number of ketones is 1. The number of benzene rings is 2. The van der Waals surface area contributed by atoms with Crippen molar-refractivity contribution in [1.29, 1.82) is 0 Å². The van der Waals surface area contributed by atoms with E-state index in [-0.39, 0.29) is 28.0 Å². The number of Topliss-reactive ketones (excluding diaryl/α,β-unsaturated/α-hetero) is 1. The third kappa shape index (κ3) is 3.48. The summed E-state index contributed by atoms with van der Waals surface area (Å²) in [5.74, 6) is -0.0356.